The molecule has 0 saturated carbocycles. The van der Waals surface area contributed by atoms with Crippen molar-refractivity contribution in [3.05, 3.63) is 24.4 Å². The summed E-state index contributed by atoms with van der Waals surface area (Å²) in [6.07, 6.45) is 5.18. The van der Waals surface area contributed by atoms with Crippen molar-refractivity contribution in [3.63, 3.8) is 0 Å². The normalized spacial score (nSPS) is 13.7. The van der Waals surface area contributed by atoms with E-state index in [-0.39, 0.29) is 5.41 Å². The first kappa shape index (κ1) is 13.1. The number of hydrogen-bond acceptors (Lipinski definition) is 6. The number of rotatable bonds is 5. The topological polar surface area (TPSA) is 88.5 Å². The summed E-state index contributed by atoms with van der Waals surface area (Å²) in [6.45, 7) is 4.09. The lowest BCUT2D eigenvalue weighted by molar-refractivity contribution is 0.266. The molecule has 2 aromatic rings. The van der Waals surface area contributed by atoms with Crippen LogP contribution in [0.15, 0.2) is 23.0 Å². The Hall–Kier alpha value is -2.29. The fourth-order valence-corrected chi connectivity index (χ4v) is 1.70. The lowest BCUT2D eigenvalue weighted by Gasteiger charge is -2.22. The number of hydrogen-bond donors (Lipinski definition) is 0. The molecular weight excluding hydrogens is 242 g/mol. The van der Waals surface area contributed by atoms with E-state index in [1.54, 1.807) is 18.5 Å². The van der Waals surface area contributed by atoms with E-state index in [9.17, 15) is 0 Å². The van der Waals surface area contributed by atoms with Crippen molar-refractivity contribution in [2.45, 2.75) is 33.1 Å². The van der Waals surface area contributed by atoms with Gasteiger partial charge in [0.05, 0.1) is 6.07 Å². The summed E-state index contributed by atoms with van der Waals surface area (Å²) >= 11 is 0. The predicted octanol–water partition coefficient (Wildman–Crippen LogP) is 2.40. The standard InChI is InChI=1S/C13H15N5O/c1-3-13(2,5-6-14)9-10-17-12(18-19-10)11-15-7-4-8-16-11/h4,7-8H,3,5,9H2,1-2H3. The van der Waals surface area contributed by atoms with Gasteiger partial charge >= 0.3 is 0 Å². The van der Waals surface area contributed by atoms with Gasteiger partial charge in [-0.25, -0.2) is 9.97 Å². The average molecular weight is 257 g/mol. The molecule has 0 aliphatic carbocycles. The number of aromatic nitrogens is 4. The largest absolute Gasteiger partial charge is 0.339 e. The number of nitriles is 1. The Morgan fingerprint density at radius 1 is 1.32 bits per heavy atom. The first-order valence-electron chi connectivity index (χ1n) is 6.14. The van der Waals surface area contributed by atoms with Crippen LogP contribution in [-0.2, 0) is 6.42 Å². The first-order chi connectivity index (χ1) is 9.17. The van der Waals surface area contributed by atoms with Crippen molar-refractivity contribution < 1.29 is 4.52 Å². The van der Waals surface area contributed by atoms with Gasteiger partial charge in [-0.1, -0.05) is 19.0 Å². The molecular formula is C13H15N5O. The van der Waals surface area contributed by atoms with Crippen LogP contribution >= 0.6 is 0 Å². The van der Waals surface area contributed by atoms with Crippen LogP contribution in [0.1, 0.15) is 32.6 Å². The van der Waals surface area contributed by atoms with Gasteiger partial charge in [0.15, 0.2) is 0 Å². The summed E-state index contributed by atoms with van der Waals surface area (Å²) in [5.41, 5.74) is -0.143. The quantitative estimate of drug-likeness (QED) is 0.817. The van der Waals surface area contributed by atoms with E-state index in [0.717, 1.165) is 6.42 Å². The van der Waals surface area contributed by atoms with E-state index in [1.807, 2.05) is 6.92 Å². The van der Waals surface area contributed by atoms with Crippen LogP contribution in [0.4, 0.5) is 0 Å². The van der Waals surface area contributed by atoms with Crippen molar-refractivity contribution in [3.8, 4) is 17.7 Å². The zero-order valence-electron chi connectivity index (χ0n) is 11.0. The highest BCUT2D eigenvalue weighted by molar-refractivity contribution is 5.40. The lowest BCUT2D eigenvalue weighted by Crippen LogP contribution is -2.18. The Labute approximate surface area is 111 Å². The molecule has 0 bridgehead atoms. The summed E-state index contributed by atoms with van der Waals surface area (Å²) in [5, 5.41) is 12.7. The average Bonchev–Trinajstić information content (AvgIpc) is 2.88. The molecule has 0 spiro atoms. The van der Waals surface area contributed by atoms with Crippen LogP contribution in [0.2, 0.25) is 0 Å². The summed E-state index contributed by atoms with van der Waals surface area (Å²) < 4.78 is 5.21. The van der Waals surface area contributed by atoms with Crippen molar-refractivity contribution >= 4 is 0 Å². The molecule has 19 heavy (non-hydrogen) atoms. The Morgan fingerprint density at radius 3 is 2.68 bits per heavy atom. The minimum atomic E-state index is -0.143. The Kier molecular flexibility index (Phi) is 3.85. The second-order valence-electron chi connectivity index (χ2n) is 4.76. The van der Waals surface area contributed by atoms with E-state index < -0.39 is 0 Å². The first-order valence-corrected chi connectivity index (χ1v) is 6.14. The van der Waals surface area contributed by atoms with E-state index in [0.29, 0.717) is 30.4 Å². The molecule has 0 aromatic carbocycles. The van der Waals surface area contributed by atoms with E-state index in [4.69, 9.17) is 9.78 Å². The lowest BCUT2D eigenvalue weighted by atomic mass is 9.81. The molecule has 0 aliphatic heterocycles. The van der Waals surface area contributed by atoms with Crippen molar-refractivity contribution in [2.24, 2.45) is 5.41 Å². The molecule has 0 amide bonds. The van der Waals surface area contributed by atoms with Crippen LogP contribution < -0.4 is 0 Å². The fraction of sp³-hybridized carbons (Fsp3) is 0.462. The molecule has 6 heteroatoms. The van der Waals surface area contributed by atoms with Gasteiger partial charge in [-0.2, -0.15) is 10.2 Å². The van der Waals surface area contributed by atoms with Gasteiger partial charge < -0.3 is 4.52 Å². The molecule has 2 rings (SSSR count). The van der Waals surface area contributed by atoms with Crippen molar-refractivity contribution in [1.29, 1.82) is 5.26 Å². The molecule has 0 fully saturated rings. The summed E-state index contributed by atoms with van der Waals surface area (Å²) in [7, 11) is 0. The van der Waals surface area contributed by atoms with Crippen LogP contribution in [0.25, 0.3) is 11.6 Å². The molecule has 0 aliphatic rings. The summed E-state index contributed by atoms with van der Waals surface area (Å²) in [5.74, 6) is 1.34. The zero-order valence-corrected chi connectivity index (χ0v) is 11.0. The van der Waals surface area contributed by atoms with Gasteiger partial charge in [0.25, 0.3) is 0 Å². The molecule has 1 atom stereocenters. The van der Waals surface area contributed by atoms with Crippen LogP contribution in [0.3, 0.4) is 0 Å². The van der Waals surface area contributed by atoms with E-state index in [1.165, 1.54) is 0 Å². The zero-order chi connectivity index (χ0) is 13.7. The van der Waals surface area contributed by atoms with E-state index in [2.05, 4.69) is 33.1 Å². The van der Waals surface area contributed by atoms with E-state index >= 15 is 0 Å². The maximum Gasteiger partial charge on any atom is 0.240 e. The minimum absolute atomic E-state index is 0.143. The minimum Gasteiger partial charge on any atom is -0.339 e. The smallest absolute Gasteiger partial charge is 0.240 e. The number of nitrogens with zero attached hydrogens (tertiary/aromatic N) is 5. The molecule has 0 saturated heterocycles. The molecule has 0 radical (unpaired) electrons. The molecule has 98 valence electrons. The van der Waals surface area contributed by atoms with Gasteiger partial charge in [-0.05, 0) is 17.9 Å². The van der Waals surface area contributed by atoms with Gasteiger partial charge in [0, 0.05) is 25.2 Å². The monoisotopic (exact) mass is 257 g/mol. The highest BCUT2D eigenvalue weighted by Gasteiger charge is 2.26. The maximum absolute atomic E-state index is 8.86. The van der Waals surface area contributed by atoms with Crippen molar-refractivity contribution in [2.75, 3.05) is 0 Å². The Balaban J connectivity index is 2.16. The van der Waals surface area contributed by atoms with Gasteiger partial charge in [-0.15, -0.1) is 0 Å². The second-order valence-corrected chi connectivity index (χ2v) is 4.76. The van der Waals surface area contributed by atoms with Crippen molar-refractivity contribution in [1.82, 2.24) is 20.1 Å². The van der Waals surface area contributed by atoms with Gasteiger partial charge in [-0.3, -0.25) is 0 Å². The Morgan fingerprint density at radius 2 is 2.05 bits per heavy atom. The third-order valence-electron chi connectivity index (χ3n) is 3.17. The highest BCUT2D eigenvalue weighted by Crippen LogP contribution is 2.29. The van der Waals surface area contributed by atoms with Gasteiger partial charge in [0.2, 0.25) is 17.5 Å². The molecule has 6 nitrogen and oxygen atoms in total. The summed E-state index contributed by atoms with van der Waals surface area (Å²) in [6, 6.07) is 3.93. The second kappa shape index (κ2) is 5.57. The summed E-state index contributed by atoms with van der Waals surface area (Å²) in [4.78, 5) is 12.4. The molecule has 1 unspecified atom stereocenters. The molecule has 2 heterocycles. The third-order valence-corrected chi connectivity index (χ3v) is 3.17. The van der Waals surface area contributed by atoms with Crippen LogP contribution in [0.5, 0.6) is 0 Å². The molecule has 2 aromatic heterocycles. The third kappa shape index (κ3) is 3.13. The van der Waals surface area contributed by atoms with Crippen LogP contribution in [-0.4, -0.2) is 20.1 Å². The van der Waals surface area contributed by atoms with Crippen LogP contribution in [0, 0.1) is 16.7 Å². The highest BCUT2D eigenvalue weighted by atomic mass is 16.5. The van der Waals surface area contributed by atoms with Gasteiger partial charge in [0.1, 0.15) is 0 Å². The predicted molar refractivity (Wildman–Crippen MR) is 67.7 cm³/mol. The Bertz CT molecular complexity index is 574. The maximum atomic E-state index is 8.86. The fourth-order valence-electron chi connectivity index (χ4n) is 1.70. The SMILES string of the molecule is CCC(C)(CC#N)Cc1nc(-c2ncccn2)no1. The molecule has 0 N–H and O–H groups in total.